The minimum absolute atomic E-state index is 0.0569. The molecule has 0 bridgehead atoms. The van der Waals surface area contributed by atoms with Crippen molar-refractivity contribution in [3.63, 3.8) is 0 Å². The molecule has 156 valence electrons. The van der Waals surface area contributed by atoms with Gasteiger partial charge in [0, 0.05) is 6.54 Å². The SMILES string of the molecule is C#CCOc1ccc(CCNC(=O)C(OCC#C)c2cc(C)cc(C)c2)cc1OC. The first-order valence-corrected chi connectivity index (χ1v) is 9.62. The van der Waals surface area contributed by atoms with E-state index in [0.29, 0.717) is 24.5 Å². The lowest BCUT2D eigenvalue weighted by atomic mass is 10.0. The third kappa shape index (κ3) is 6.58. The summed E-state index contributed by atoms with van der Waals surface area (Å²) in [6.07, 6.45) is 10.4. The van der Waals surface area contributed by atoms with E-state index in [1.54, 1.807) is 7.11 Å². The molecule has 0 saturated heterocycles. The van der Waals surface area contributed by atoms with E-state index >= 15 is 0 Å². The van der Waals surface area contributed by atoms with Gasteiger partial charge in [0.25, 0.3) is 5.91 Å². The molecule has 1 atom stereocenters. The number of rotatable bonds is 10. The number of carbonyl (C=O) groups is 1. The topological polar surface area (TPSA) is 56.8 Å². The molecule has 0 spiro atoms. The predicted molar refractivity (Wildman–Crippen MR) is 117 cm³/mol. The highest BCUT2D eigenvalue weighted by Crippen LogP contribution is 2.28. The zero-order valence-corrected chi connectivity index (χ0v) is 17.7. The number of ether oxygens (including phenoxy) is 3. The second-order valence-corrected chi connectivity index (χ2v) is 6.84. The summed E-state index contributed by atoms with van der Waals surface area (Å²) < 4.78 is 16.4. The Hall–Kier alpha value is -3.41. The maximum atomic E-state index is 12.8. The number of aryl methyl sites for hydroxylation is 2. The van der Waals surface area contributed by atoms with Crippen LogP contribution in [0.3, 0.4) is 0 Å². The Morgan fingerprint density at radius 3 is 2.37 bits per heavy atom. The van der Waals surface area contributed by atoms with Crippen LogP contribution in [0.5, 0.6) is 11.5 Å². The highest BCUT2D eigenvalue weighted by Gasteiger charge is 2.21. The first-order chi connectivity index (χ1) is 14.5. The van der Waals surface area contributed by atoms with Gasteiger partial charge in [-0.15, -0.1) is 12.8 Å². The molecule has 5 nitrogen and oxygen atoms in total. The molecular formula is C25H27NO4. The number of carbonyl (C=O) groups excluding carboxylic acids is 1. The molecule has 0 radical (unpaired) electrons. The summed E-state index contributed by atoms with van der Waals surface area (Å²) in [7, 11) is 1.57. The van der Waals surface area contributed by atoms with Crippen molar-refractivity contribution in [2.45, 2.75) is 26.4 Å². The van der Waals surface area contributed by atoms with Gasteiger partial charge in [-0.3, -0.25) is 4.79 Å². The lowest BCUT2D eigenvalue weighted by Gasteiger charge is -2.18. The van der Waals surface area contributed by atoms with Gasteiger partial charge in [-0.2, -0.15) is 0 Å². The highest BCUT2D eigenvalue weighted by molar-refractivity contribution is 5.82. The van der Waals surface area contributed by atoms with Crippen LogP contribution >= 0.6 is 0 Å². The van der Waals surface area contributed by atoms with Gasteiger partial charge in [-0.25, -0.2) is 0 Å². The lowest BCUT2D eigenvalue weighted by molar-refractivity contribution is -0.132. The third-order valence-electron chi connectivity index (χ3n) is 4.37. The van der Waals surface area contributed by atoms with Crippen molar-refractivity contribution in [1.82, 2.24) is 5.32 Å². The smallest absolute Gasteiger partial charge is 0.253 e. The average Bonchev–Trinajstić information content (AvgIpc) is 2.72. The molecular weight excluding hydrogens is 378 g/mol. The van der Waals surface area contributed by atoms with Crippen molar-refractivity contribution in [3.8, 4) is 36.2 Å². The largest absolute Gasteiger partial charge is 0.493 e. The lowest BCUT2D eigenvalue weighted by Crippen LogP contribution is -2.32. The van der Waals surface area contributed by atoms with Gasteiger partial charge >= 0.3 is 0 Å². The molecule has 2 aromatic rings. The summed E-state index contributed by atoms with van der Waals surface area (Å²) >= 11 is 0. The van der Waals surface area contributed by atoms with Crippen LogP contribution in [0.4, 0.5) is 0 Å². The van der Waals surface area contributed by atoms with Crippen LogP contribution in [-0.4, -0.2) is 32.8 Å². The van der Waals surface area contributed by atoms with E-state index in [9.17, 15) is 4.79 Å². The van der Waals surface area contributed by atoms with Gasteiger partial charge in [0.05, 0.1) is 7.11 Å². The van der Waals surface area contributed by atoms with Crippen LogP contribution in [0.1, 0.15) is 28.4 Å². The van der Waals surface area contributed by atoms with Crippen LogP contribution in [0.15, 0.2) is 36.4 Å². The van der Waals surface area contributed by atoms with Gasteiger partial charge in [0.15, 0.2) is 17.6 Å². The number of methoxy groups -OCH3 is 1. The summed E-state index contributed by atoms with van der Waals surface area (Å²) in [4.78, 5) is 12.8. The predicted octanol–water partition coefficient (Wildman–Crippen LogP) is 3.37. The number of hydrogen-bond acceptors (Lipinski definition) is 4. The molecule has 0 saturated carbocycles. The zero-order valence-electron chi connectivity index (χ0n) is 17.7. The molecule has 1 amide bonds. The monoisotopic (exact) mass is 405 g/mol. The Morgan fingerprint density at radius 1 is 1.03 bits per heavy atom. The second kappa shape index (κ2) is 11.6. The number of terminal acetylenes is 2. The third-order valence-corrected chi connectivity index (χ3v) is 4.37. The standard InChI is InChI=1S/C25H27NO4/c1-6-12-29-22-9-8-20(17-23(22)28-5)10-11-26-25(27)24(30-13-7-2)21-15-18(3)14-19(4)16-21/h1-2,8-9,14-17,24H,10-13H2,3-5H3,(H,26,27). The average molecular weight is 405 g/mol. The second-order valence-electron chi connectivity index (χ2n) is 6.84. The molecule has 0 aliphatic heterocycles. The Bertz CT molecular complexity index is 932. The molecule has 0 aromatic heterocycles. The number of nitrogens with one attached hydrogen (secondary N) is 1. The van der Waals surface area contributed by atoms with E-state index in [4.69, 9.17) is 27.1 Å². The van der Waals surface area contributed by atoms with Crippen molar-refractivity contribution < 1.29 is 19.0 Å². The molecule has 2 aromatic carbocycles. The van der Waals surface area contributed by atoms with Crippen LogP contribution in [0.2, 0.25) is 0 Å². The molecule has 0 heterocycles. The fourth-order valence-electron chi connectivity index (χ4n) is 3.14. The number of hydrogen-bond donors (Lipinski definition) is 1. The Labute approximate surface area is 178 Å². The zero-order chi connectivity index (χ0) is 21.9. The first kappa shape index (κ1) is 22.9. The molecule has 0 fully saturated rings. The quantitative estimate of drug-likeness (QED) is 0.616. The van der Waals surface area contributed by atoms with Gasteiger partial charge in [-0.1, -0.05) is 47.2 Å². The van der Waals surface area contributed by atoms with E-state index in [-0.39, 0.29) is 19.1 Å². The minimum Gasteiger partial charge on any atom is -0.493 e. The number of benzene rings is 2. The summed E-state index contributed by atoms with van der Waals surface area (Å²) in [5.41, 5.74) is 3.90. The Morgan fingerprint density at radius 2 is 1.73 bits per heavy atom. The van der Waals surface area contributed by atoms with Crippen molar-refractivity contribution in [1.29, 1.82) is 0 Å². The van der Waals surface area contributed by atoms with Gasteiger partial charge < -0.3 is 19.5 Å². The summed E-state index contributed by atoms with van der Waals surface area (Å²) in [6.45, 7) is 4.63. The fraction of sp³-hybridized carbons (Fsp3) is 0.320. The van der Waals surface area contributed by atoms with E-state index in [2.05, 4.69) is 17.2 Å². The van der Waals surface area contributed by atoms with Crippen LogP contribution in [-0.2, 0) is 16.0 Å². The fourth-order valence-corrected chi connectivity index (χ4v) is 3.14. The van der Waals surface area contributed by atoms with Gasteiger partial charge in [-0.05, 0) is 43.5 Å². The highest BCUT2D eigenvalue weighted by atomic mass is 16.5. The van der Waals surface area contributed by atoms with Crippen molar-refractivity contribution in [2.24, 2.45) is 0 Å². The maximum absolute atomic E-state index is 12.8. The first-order valence-electron chi connectivity index (χ1n) is 9.62. The van der Waals surface area contributed by atoms with Crippen LogP contribution < -0.4 is 14.8 Å². The van der Waals surface area contributed by atoms with Gasteiger partial charge in [0.1, 0.15) is 13.2 Å². The minimum atomic E-state index is -0.756. The van der Waals surface area contributed by atoms with E-state index in [1.807, 2.05) is 50.2 Å². The molecule has 0 aliphatic rings. The van der Waals surface area contributed by atoms with E-state index < -0.39 is 6.10 Å². The Balaban J connectivity index is 2.03. The van der Waals surface area contributed by atoms with Crippen molar-refractivity contribution in [3.05, 3.63) is 58.7 Å². The van der Waals surface area contributed by atoms with Gasteiger partial charge in [0.2, 0.25) is 0 Å². The molecule has 1 unspecified atom stereocenters. The molecule has 0 aliphatic carbocycles. The van der Waals surface area contributed by atoms with Crippen molar-refractivity contribution >= 4 is 5.91 Å². The Kier molecular flexibility index (Phi) is 8.81. The summed E-state index contributed by atoms with van der Waals surface area (Å²) in [6, 6.07) is 11.5. The van der Waals surface area contributed by atoms with Crippen LogP contribution in [0.25, 0.3) is 0 Å². The summed E-state index contributed by atoms with van der Waals surface area (Å²) in [5.74, 6) is 5.81. The maximum Gasteiger partial charge on any atom is 0.253 e. The van der Waals surface area contributed by atoms with E-state index in [1.165, 1.54) is 0 Å². The van der Waals surface area contributed by atoms with Crippen molar-refractivity contribution in [2.75, 3.05) is 26.9 Å². The molecule has 30 heavy (non-hydrogen) atoms. The molecule has 1 N–H and O–H groups in total. The van der Waals surface area contributed by atoms with E-state index in [0.717, 1.165) is 22.3 Å². The number of amides is 1. The summed E-state index contributed by atoms with van der Waals surface area (Å²) in [5, 5.41) is 2.93. The van der Waals surface area contributed by atoms with Crippen LogP contribution in [0, 0.1) is 38.5 Å². The molecule has 2 rings (SSSR count). The molecule has 5 heteroatoms. The normalized spacial score (nSPS) is 11.1.